The average molecular weight is 404 g/mol. The van der Waals surface area contributed by atoms with Gasteiger partial charge in [0.15, 0.2) is 5.89 Å². The molecule has 1 aromatic carbocycles. The van der Waals surface area contributed by atoms with Gasteiger partial charge in [0, 0.05) is 12.8 Å². The molecule has 1 aliphatic carbocycles. The zero-order valence-electron chi connectivity index (χ0n) is 14.2. The molecule has 2 aromatic heterocycles. The highest BCUT2D eigenvalue weighted by Crippen LogP contribution is 2.52. The van der Waals surface area contributed by atoms with E-state index in [0.29, 0.717) is 16.5 Å². The first kappa shape index (κ1) is 17.9. The number of rotatable bonds is 6. The minimum absolute atomic E-state index is 0.0393. The predicted octanol–water partition coefficient (Wildman–Crippen LogP) is 3.00. The highest BCUT2D eigenvalue weighted by molar-refractivity contribution is 7.91. The van der Waals surface area contributed by atoms with E-state index in [9.17, 15) is 18.3 Å². The summed E-state index contributed by atoms with van der Waals surface area (Å²) < 4.78 is 33.2. The normalized spacial score (nSPS) is 21.9. The lowest BCUT2D eigenvalue weighted by Gasteiger charge is -2.14. The number of oxazole rings is 1. The van der Waals surface area contributed by atoms with E-state index in [1.165, 1.54) is 12.3 Å². The number of nitrogens with one attached hydrogen (secondary N) is 1. The molecule has 0 bridgehead atoms. The lowest BCUT2D eigenvalue weighted by molar-refractivity contribution is -0.140. The number of thiophene rings is 1. The Kier molecular flexibility index (Phi) is 4.17. The maximum Gasteiger partial charge on any atom is 0.325 e. The number of carboxylic acids is 1. The predicted molar refractivity (Wildman–Crippen MR) is 99.0 cm³/mol. The van der Waals surface area contributed by atoms with Crippen molar-refractivity contribution in [3.63, 3.8) is 0 Å². The monoisotopic (exact) mass is 404 g/mol. The third-order valence-electron chi connectivity index (χ3n) is 4.58. The molecule has 1 aliphatic rings. The first-order chi connectivity index (χ1) is 12.8. The molecule has 27 heavy (non-hydrogen) atoms. The molecule has 0 aliphatic heterocycles. The summed E-state index contributed by atoms with van der Waals surface area (Å²) in [6.07, 6.45) is 1.67. The van der Waals surface area contributed by atoms with Crippen LogP contribution in [0.1, 0.15) is 23.8 Å². The molecule has 140 valence electrons. The smallest absolute Gasteiger partial charge is 0.325 e. The Morgan fingerprint density at radius 2 is 2.04 bits per heavy atom. The molecule has 4 rings (SSSR count). The summed E-state index contributed by atoms with van der Waals surface area (Å²) in [6, 6.07) is 12.1. The number of benzene rings is 1. The summed E-state index contributed by atoms with van der Waals surface area (Å²) in [5, 5.41) is 9.69. The van der Waals surface area contributed by atoms with Gasteiger partial charge in [0.05, 0.1) is 4.88 Å². The van der Waals surface area contributed by atoms with Crippen LogP contribution in [0.2, 0.25) is 0 Å². The fourth-order valence-electron chi connectivity index (χ4n) is 3.11. The highest BCUT2D eigenvalue weighted by atomic mass is 32.2. The molecule has 2 atom stereocenters. The lowest BCUT2D eigenvalue weighted by Crippen LogP contribution is -2.44. The van der Waals surface area contributed by atoms with Crippen molar-refractivity contribution in [1.29, 1.82) is 0 Å². The Balaban J connectivity index is 1.61. The topological polar surface area (TPSA) is 110 Å². The second-order valence-electron chi connectivity index (χ2n) is 6.42. The molecule has 0 spiro atoms. The summed E-state index contributed by atoms with van der Waals surface area (Å²) in [5.74, 6) is -1.10. The summed E-state index contributed by atoms with van der Waals surface area (Å²) in [7, 11) is -3.99. The first-order valence-electron chi connectivity index (χ1n) is 8.16. The van der Waals surface area contributed by atoms with Crippen molar-refractivity contribution in [1.82, 2.24) is 9.71 Å². The standard InChI is InChI=1S/C18H16N2O5S2/c1-11-19-14(10-25-11)15-7-8-16(26-15)27(23,24)20-18(17(21)22)9-13(18)12-5-3-2-4-6-12/h2-8,10,13,20H,9H2,1H3,(H,21,22)/t13-,18+/m0/s1. The molecule has 7 nitrogen and oxygen atoms in total. The third kappa shape index (κ3) is 3.18. The van der Waals surface area contributed by atoms with Crippen molar-refractivity contribution < 1.29 is 22.7 Å². The van der Waals surface area contributed by atoms with Crippen LogP contribution in [0.15, 0.2) is 57.4 Å². The number of nitrogens with zero attached hydrogens (tertiary/aromatic N) is 1. The summed E-state index contributed by atoms with van der Waals surface area (Å²) >= 11 is 1.02. The summed E-state index contributed by atoms with van der Waals surface area (Å²) in [4.78, 5) is 16.7. The quantitative estimate of drug-likeness (QED) is 0.654. The molecule has 0 saturated heterocycles. The lowest BCUT2D eigenvalue weighted by atomic mass is 10.1. The fraction of sp³-hybridized carbons (Fsp3) is 0.222. The van der Waals surface area contributed by atoms with Crippen LogP contribution >= 0.6 is 11.3 Å². The molecule has 1 saturated carbocycles. The van der Waals surface area contributed by atoms with Gasteiger partial charge in [0.1, 0.15) is 21.7 Å². The van der Waals surface area contributed by atoms with Gasteiger partial charge < -0.3 is 9.52 Å². The number of aryl methyl sites for hydroxylation is 1. The largest absolute Gasteiger partial charge is 0.480 e. The van der Waals surface area contributed by atoms with E-state index in [-0.39, 0.29) is 10.6 Å². The molecule has 0 radical (unpaired) electrons. The van der Waals surface area contributed by atoms with Crippen LogP contribution in [0, 0.1) is 6.92 Å². The van der Waals surface area contributed by atoms with Crippen molar-refractivity contribution in [3.05, 3.63) is 60.2 Å². The number of sulfonamides is 1. The van der Waals surface area contributed by atoms with Gasteiger partial charge in [-0.1, -0.05) is 30.3 Å². The summed E-state index contributed by atoms with van der Waals surface area (Å²) in [6.45, 7) is 1.70. The van der Waals surface area contributed by atoms with Crippen LogP contribution < -0.4 is 4.72 Å². The zero-order valence-corrected chi connectivity index (χ0v) is 15.9. The van der Waals surface area contributed by atoms with Crippen molar-refractivity contribution in [2.24, 2.45) is 0 Å². The van der Waals surface area contributed by atoms with Gasteiger partial charge in [-0.15, -0.1) is 11.3 Å². The van der Waals surface area contributed by atoms with Crippen LogP contribution in [-0.4, -0.2) is 30.0 Å². The SMILES string of the molecule is Cc1nc(-c2ccc(S(=O)(=O)N[C@]3(C(=O)O)C[C@H]3c3ccccc3)s2)co1. The van der Waals surface area contributed by atoms with Crippen molar-refractivity contribution in [2.75, 3.05) is 0 Å². The Morgan fingerprint density at radius 1 is 1.30 bits per heavy atom. The average Bonchev–Trinajstić information content (AvgIpc) is 2.98. The Bertz CT molecular complexity index is 1100. The van der Waals surface area contributed by atoms with E-state index in [1.54, 1.807) is 37.3 Å². The number of hydrogen-bond acceptors (Lipinski definition) is 6. The molecule has 9 heteroatoms. The second-order valence-corrected chi connectivity index (χ2v) is 9.41. The van der Waals surface area contributed by atoms with E-state index < -0.39 is 27.4 Å². The molecule has 2 heterocycles. The maximum atomic E-state index is 12.8. The minimum atomic E-state index is -3.99. The van der Waals surface area contributed by atoms with E-state index in [1.807, 2.05) is 6.07 Å². The van der Waals surface area contributed by atoms with Gasteiger partial charge in [0.2, 0.25) is 0 Å². The maximum absolute atomic E-state index is 12.8. The molecular formula is C18H16N2O5S2. The van der Waals surface area contributed by atoms with Crippen LogP contribution in [-0.2, 0) is 14.8 Å². The molecule has 0 amide bonds. The van der Waals surface area contributed by atoms with Crippen LogP contribution in [0.25, 0.3) is 10.6 Å². The first-order valence-corrected chi connectivity index (χ1v) is 10.5. The molecule has 0 unspecified atom stereocenters. The van der Waals surface area contributed by atoms with Gasteiger partial charge in [-0.05, 0) is 24.1 Å². The molecule has 1 fully saturated rings. The summed E-state index contributed by atoms with van der Waals surface area (Å²) in [5.41, 5.74) is -0.178. The minimum Gasteiger partial charge on any atom is -0.480 e. The zero-order chi connectivity index (χ0) is 19.2. The Labute approximate surface area is 159 Å². The number of aromatic nitrogens is 1. The molecule has 3 aromatic rings. The van der Waals surface area contributed by atoms with Gasteiger partial charge in [-0.25, -0.2) is 13.4 Å². The van der Waals surface area contributed by atoms with E-state index >= 15 is 0 Å². The number of aliphatic carboxylic acids is 1. The fourth-order valence-corrected chi connectivity index (χ4v) is 5.77. The van der Waals surface area contributed by atoms with Crippen LogP contribution in [0.4, 0.5) is 0 Å². The van der Waals surface area contributed by atoms with E-state index in [4.69, 9.17) is 4.42 Å². The number of hydrogen-bond donors (Lipinski definition) is 2. The van der Waals surface area contributed by atoms with Gasteiger partial charge >= 0.3 is 5.97 Å². The third-order valence-corrected chi connectivity index (χ3v) is 7.69. The second kappa shape index (κ2) is 6.29. The highest BCUT2D eigenvalue weighted by Gasteiger charge is 2.63. The van der Waals surface area contributed by atoms with Crippen LogP contribution in [0.5, 0.6) is 0 Å². The van der Waals surface area contributed by atoms with E-state index in [0.717, 1.165) is 16.9 Å². The van der Waals surface area contributed by atoms with Crippen molar-refractivity contribution >= 4 is 27.3 Å². The van der Waals surface area contributed by atoms with Crippen LogP contribution in [0.3, 0.4) is 0 Å². The van der Waals surface area contributed by atoms with E-state index in [2.05, 4.69) is 9.71 Å². The number of carbonyl (C=O) groups is 1. The van der Waals surface area contributed by atoms with Gasteiger partial charge in [-0.3, -0.25) is 4.79 Å². The van der Waals surface area contributed by atoms with Crippen molar-refractivity contribution in [2.45, 2.75) is 29.0 Å². The molecular weight excluding hydrogens is 388 g/mol. The Hall–Kier alpha value is -2.49. The van der Waals surface area contributed by atoms with Crippen molar-refractivity contribution in [3.8, 4) is 10.6 Å². The number of carboxylic acid groups (broad SMARTS) is 1. The molecule has 2 N–H and O–H groups in total. The Morgan fingerprint density at radius 3 is 2.67 bits per heavy atom. The van der Waals surface area contributed by atoms with Gasteiger partial charge in [-0.2, -0.15) is 4.72 Å². The van der Waals surface area contributed by atoms with Gasteiger partial charge in [0.25, 0.3) is 10.0 Å².